The molecule has 0 bridgehead atoms. The Kier molecular flexibility index (Phi) is 6.30. The lowest BCUT2D eigenvalue weighted by Gasteiger charge is -2.44. The summed E-state index contributed by atoms with van der Waals surface area (Å²) in [5, 5.41) is 12.7. The van der Waals surface area contributed by atoms with E-state index in [1.807, 2.05) is 6.07 Å². The molecule has 1 aliphatic heterocycles. The maximum atomic E-state index is 14.1. The number of hydrogen-bond donors (Lipinski definition) is 0. The van der Waals surface area contributed by atoms with Gasteiger partial charge in [0.15, 0.2) is 10.8 Å². The van der Waals surface area contributed by atoms with Gasteiger partial charge in [0.25, 0.3) is 10.0 Å². The number of carbonyl (C=O) groups excluding carboxylic acids is 2. The highest BCUT2D eigenvalue weighted by molar-refractivity contribution is 7.89. The van der Waals surface area contributed by atoms with Crippen LogP contribution in [0.15, 0.2) is 77.1 Å². The van der Waals surface area contributed by atoms with Crippen LogP contribution in [0.2, 0.25) is 0 Å². The zero-order valence-electron chi connectivity index (χ0n) is 20.4. The maximum absolute atomic E-state index is 14.1. The molecule has 0 saturated heterocycles. The van der Waals surface area contributed by atoms with Gasteiger partial charge in [0, 0.05) is 30.9 Å². The van der Waals surface area contributed by atoms with E-state index >= 15 is 0 Å². The largest absolute Gasteiger partial charge is 0.416 e. The molecular formula is C26H20F3N5O4S. The van der Waals surface area contributed by atoms with Gasteiger partial charge in [0.1, 0.15) is 6.04 Å². The van der Waals surface area contributed by atoms with E-state index in [1.165, 1.54) is 54.3 Å². The zero-order valence-corrected chi connectivity index (χ0v) is 21.2. The Hall–Kier alpha value is -4.44. The van der Waals surface area contributed by atoms with Crippen molar-refractivity contribution in [2.45, 2.75) is 36.5 Å². The number of alkyl halides is 3. The zero-order chi connectivity index (χ0) is 28.1. The molecule has 1 unspecified atom stereocenters. The third-order valence-electron chi connectivity index (χ3n) is 6.59. The van der Waals surface area contributed by atoms with Gasteiger partial charge < -0.3 is 0 Å². The Balaban J connectivity index is 1.80. The van der Waals surface area contributed by atoms with Crippen molar-refractivity contribution in [2.75, 3.05) is 4.90 Å². The second kappa shape index (κ2) is 9.39. The highest BCUT2D eigenvalue weighted by Crippen LogP contribution is 2.46. The number of benzene rings is 2. The van der Waals surface area contributed by atoms with Gasteiger partial charge in [-0.3, -0.25) is 14.4 Å². The average molecular weight is 556 g/mol. The molecule has 200 valence electrons. The Morgan fingerprint density at radius 1 is 1.05 bits per heavy atom. The summed E-state index contributed by atoms with van der Waals surface area (Å²) in [5.41, 5.74) is -0.620. The summed E-state index contributed by atoms with van der Waals surface area (Å²) in [4.78, 5) is 28.4. The number of nitrogens with zero attached hydrogens (tertiary/aromatic N) is 5. The highest BCUT2D eigenvalue weighted by Gasteiger charge is 2.50. The Labute approximate surface area is 221 Å². The van der Waals surface area contributed by atoms with Crippen molar-refractivity contribution in [3.63, 3.8) is 0 Å². The molecule has 0 fully saturated rings. The number of nitriles is 1. The van der Waals surface area contributed by atoms with Crippen LogP contribution in [0.1, 0.15) is 42.0 Å². The Morgan fingerprint density at radius 2 is 1.77 bits per heavy atom. The van der Waals surface area contributed by atoms with Gasteiger partial charge in [0.05, 0.1) is 22.9 Å². The molecule has 1 aromatic heterocycles. The number of allylic oxidation sites excluding steroid dienone is 1. The van der Waals surface area contributed by atoms with E-state index in [-0.39, 0.29) is 40.9 Å². The van der Waals surface area contributed by atoms with Gasteiger partial charge in [-0.05, 0) is 54.8 Å². The number of urea groups is 1. The summed E-state index contributed by atoms with van der Waals surface area (Å²) in [5.74, 6) is -0.434. The van der Waals surface area contributed by atoms with Crippen molar-refractivity contribution in [2.24, 2.45) is 7.05 Å². The monoisotopic (exact) mass is 555 g/mol. The van der Waals surface area contributed by atoms with E-state index in [9.17, 15) is 36.4 Å². The number of Topliss-reactive ketones (excluding diaryl/α,β-unsaturated/α-hetero) is 1. The number of hydrogen-bond acceptors (Lipinski definition) is 6. The number of ketones is 1. The van der Waals surface area contributed by atoms with E-state index < -0.39 is 44.6 Å². The highest BCUT2D eigenvalue weighted by atomic mass is 32.2. The number of amides is 2. The maximum Gasteiger partial charge on any atom is 0.416 e. The Morgan fingerprint density at radius 3 is 2.38 bits per heavy atom. The molecule has 5 rings (SSSR count). The summed E-state index contributed by atoms with van der Waals surface area (Å²) in [6.45, 7) is 0. The molecule has 0 N–H and O–H groups in total. The third-order valence-corrected chi connectivity index (χ3v) is 8.22. The first kappa shape index (κ1) is 26.2. The van der Waals surface area contributed by atoms with Crippen molar-refractivity contribution in [1.82, 2.24) is 14.1 Å². The fourth-order valence-corrected chi connectivity index (χ4v) is 6.29. The molecule has 1 aliphatic carbocycles. The average Bonchev–Trinajstić information content (AvgIpc) is 3.35. The number of aryl methyl sites for hydroxylation is 1. The number of aromatic nitrogens is 2. The summed E-state index contributed by atoms with van der Waals surface area (Å²) < 4.78 is 70.3. The van der Waals surface area contributed by atoms with Crippen LogP contribution in [0.5, 0.6) is 0 Å². The normalized spacial score (nSPS) is 18.3. The first-order valence-electron chi connectivity index (χ1n) is 11.7. The minimum absolute atomic E-state index is 0.0116. The summed E-state index contributed by atoms with van der Waals surface area (Å²) in [6, 6.07) is 10.3. The molecule has 2 aromatic carbocycles. The molecule has 13 heteroatoms. The van der Waals surface area contributed by atoms with Crippen molar-refractivity contribution >= 4 is 27.5 Å². The van der Waals surface area contributed by atoms with Gasteiger partial charge in [-0.15, -0.1) is 0 Å². The van der Waals surface area contributed by atoms with Crippen molar-refractivity contribution in [3.05, 3.63) is 88.8 Å². The molecule has 39 heavy (non-hydrogen) atoms. The fourth-order valence-electron chi connectivity index (χ4n) is 4.83. The van der Waals surface area contributed by atoms with Gasteiger partial charge in [-0.1, -0.05) is 18.2 Å². The first-order valence-corrected chi connectivity index (χ1v) is 13.2. The number of sulfonamides is 1. The molecule has 1 atom stereocenters. The minimum atomic E-state index is -4.72. The molecule has 0 radical (unpaired) electrons. The molecular weight excluding hydrogens is 535 g/mol. The topological polar surface area (TPSA) is 116 Å². The first-order chi connectivity index (χ1) is 18.4. The van der Waals surface area contributed by atoms with Gasteiger partial charge >= 0.3 is 12.2 Å². The predicted octanol–water partition coefficient (Wildman–Crippen LogP) is 4.69. The van der Waals surface area contributed by atoms with Crippen LogP contribution in [0.3, 0.4) is 0 Å². The van der Waals surface area contributed by atoms with Crippen molar-refractivity contribution in [3.8, 4) is 6.07 Å². The molecule has 0 saturated carbocycles. The van der Waals surface area contributed by atoms with Crippen LogP contribution < -0.4 is 4.90 Å². The van der Waals surface area contributed by atoms with E-state index in [0.29, 0.717) is 10.7 Å². The van der Waals surface area contributed by atoms with Crippen molar-refractivity contribution in [1.29, 1.82) is 5.26 Å². The molecule has 2 heterocycles. The van der Waals surface area contributed by atoms with E-state index in [1.54, 1.807) is 0 Å². The van der Waals surface area contributed by atoms with Crippen LogP contribution in [-0.4, -0.2) is 34.3 Å². The molecule has 3 aromatic rings. The predicted molar refractivity (Wildman–Crippen MR) is 131 cm³/mol. The minimum Gasteiger partial charge on any atom is -0.294 e. The number of rotatable bonds is 4. The van der Waals surface area contributed by atoms with Crippen LogP contribution in [0.4, 0.5) is 23.7 Å². The lowest BCUT2D eigenvalue weighted by Crippen LogP contribution is -2.54. The smallest absolute Gasteiger partial charge is 0.294 e. The van der Waals surface area contributed by atoms with Gasteiger partial charge in [-0.2, -0.15) is 31.9 Å². The van der Waals surface area contributed by atoms with Gasteiger partial charge in [0.2, 0.25) is 0 Å². The fraction of sp³-hybridized carbons (Fsp3) is 0.231. The molecule has 0 spiro atoms. The lowest BCUT2D eigenvalue weighted by atomic mass is 9.84. The standard InChI is InChI=1S/C26H20F3N5O4S/c1-32-13-12-22(31-32)39(37,38)34-24(17-10-8-16(15-30)9-11-17)23-20(6-3-7-21(23)35)33(25(34)36)19-5-2-4-18(14-19)26(27,28)29/h2,4-5,8-14,24H,3,6-7H2,1H3. The molecule has 2 aliphatic rings. The number of halogens is 3. The van der Waals surface area contributed by atoms with Crippen LogP contribution in [0, 0.1) is 11.3 Å². The van der Waals surface area contributed by atoms with Crippen LogP contribution >= 0.6 is 0 Å². The summed E-state index contributed by atoms with van der Waals surface area (Å²) in [7, 11) is -3.24. The van der Waals surface area contributed by atoms with E-state index in [0.717, 1.165) is 23.1 Å². The summed E-state index contributed by atoms with van der Waals surface area (Å²) in [6.07, 6.45) is -2.81. The lowest BCUT2D eigenvalue weighted by molar-refractivity contribution is -0.137. The Bertz CT molecular complexity index is 1670. The van der Waals surface area contributed by atoms with Gasteiger partial charge in [-0.25, -0.2) is 9.10 Å². The second-order valence-electron chi connectivity index (χ2n) is 9.07. The second-order valence-corrected chi connectivity index (χ2v) is 10.8. The summed E-state index contributed by atoms with van der Waals surface area (Å²) >= 11 is 0. The van der Waals surface area contributed by atoms with Crippen LogP contribution in [-0.2, 0) is 28.0 Å². The van der Waals surface area contributed by atoms with E-state index in [2.05, 4.69) is 5.10 Å². The molecule has 2 amide bonds. The third kappa shape index (κ3) is 4.46. The van der Waals surface area contributed by atoms with Crippen molar-refractivity contribution < 1.29 is 31.2 Å². The van der Waals surface area contributed by atoms with E-state index in [4.69, 9.17) is 0 Å². The van der Waals surface area contributed by atoms with Crippen LogP contribution in [0.25, 0.3) is 0 Å². The SMILES string of the molecule is Cn1ccc(S(=O)(=O)N2C(=O)N(c3cccc(C(F)(F)F)c3)C3=C(C(=O)CCC3)C2c2ccc(C#N)cc2)n1. The quantitative estimate of drug-likeness (QED) is 0.461. The molecule has 9 nitrogen and oxygen atoms in total. The number of carbonyl (C=O) groups is 2. The number of anilines is 1.